The van der Waals surface area contributed by atoms with Gasteiger partial charge in [0.2, 0.25) is 0 Å². The van der Waals surface area contributed by atoms with Gasteiger partial charge in [0.15, 0.2) is 0 Å². The van der Waals surface area contributed by atoms with Crippen molar-refractivity contribution in [3.05, 3.63) is 64.8 Å². The van der Waals surface area contributed by atoms with Gasteiger partial charge < -0.3 is 10.5 Å². The maximum atomic E-state index is 5.90. The van der Waals surface area contributed by atoms with E-state index in [1.54, 1.807) is 6.20 Å². The van der Waals surface area contributed by atoms with Gasteiger partial charge in [-0.3, -0.25) is 4.98 Å². The second-order valence-electron chi connectivity index (χ2n) is 4.93. The Morgan fingerprint density at radius 3 is 2.62 bits per heavy atom. The molecule has 106 valence electrons. The standard InChI is InChI=1S/C17H15BrN2O/c1-11(19)15-7-6-13(9-16(15)18)21-14-5-4-12-3-2-8-20-17(12)10-14/h2-11H,19H2,1H3. The molecule has 1 aromatic heterocycles. The van der Waals surface area contributed by atoms with Gasteiger partial charge in [0.05, 0.1) is 5.52 Å². The van der Waals surface area contributed by atoms with Gasteiger partial charge in [-0.2, -0.15) is 0 Å². The lowest BCUT2D eigenvalue weighted by Gasteiger charge is -2.11. The minimum atomic E-state index is -0.0155. The molecule has 0 bridgehead atoms. The minimum Gasteiger partial charge on any atom is -0.457 e. The minimum absolute atomic E-state index is 0.0155. The highest BCUT2D eigenvalue weighted by molar-refractivity contribution is 9.10. The lowest BCUT2D eigenvalue weighted by molar-refractivity contribution is 0.482. The summed E-state index contributed by atoms with van der Waals surface area (Å²) >= 11 is 3.53. The molecule has 21 heavy (non-hydrogen) atoms. The van der Waals surface area contributed by atoms with E-state index in [1.807, 2.05) is 55.5 Å². The van der Waals surface area contributed by atoms with E-state index in [0.29, 0.717) is 0 Å². The first-order chi connectivity index (χ1) is 10.1. The fraction of sp³-hybridized carbons (Fsp3) is 0.118. The van der Waals surface area contributed by atoms with Gasteiger partial charge in [0.1, 0.15) is 11.5 Å². The first kappa shape index (κ1) is 14.0. The second-order valence-corrected chi connectivity index (χ2v) is 5.79. The maximum absolute atomic E-state index is 5.90. The molecule has 3 rings (SSSR count). The van der Waals surface area contributed by atoms with Crippen molar-refractivity contribution in [2.45, 2.75) is 13.0 Å². The number of nitrogens with two attached hydrogens (primary N) is 1. The molecular formula is C17H15BrN2O. The Bertz CT molecular complexity index is 787. The van der Waals surface area contributed by atoms with Gasteiger partial charge in [-0.15, -0.1) is 0 Å². The van der Waals surface area contributed by atoms with E-state index in [-0.39, 0.29) is 6.04 Å². The summed E-state index contributed by atoms with van der Waals surface area (Å²) in [5.41, 5.74) is 7.88. The molecule has 0 radical (unpaired) electrons. The van der Waals surface area contributed by atoms with Crippen molar-refractivity contribution < 1.29 is 4.74 Å². The Labute approximate surface area is 131 Å². The topological polar surface area (TPSA) is 48.1 Å². The van der Waals surface area contributed by atoms with Crippen LogP contribution in [0.3, 0.4) is 0 Å². The number of nitrogens with zero attached hydrogens (tertiary/aromatic N) is 1. The maximum Gasteiger partial charge on any atom is 0.129 e. The number of rotatable bonds is 3. The summed E-state index contributed by atoms with van der Waals surface area (Å²) in [6.45, 7) is 1.95. The van der Waals surface area contributed by atoms with Crippen molar-refractivity contribution in [2.75, 3.05) is 0 Å². The third-order valence-corrected chi connectivity index (χ3v) is 3.96. The summed E-state index contributed by atoms with van der Waals surface area (Å²) in [4.78, 5) is 4.33. The van der Waals surface area contributed by atoms with Crippen LogP contribution in [0.15, 0.2) is 59.2 Å². The molecule has 2 aromatic carbocycles. The highest BCUT2D eigenvalue weighted by atomic mass is 79.9. The fourth-order valence-corrected chi connectivity index (χ4v) is 2.91. The zero-order valence-electron chi connectivity index (χ0n) is 11.6. The predicted octanol–water partition coefficient (Wildman–Crippen LogP) is 4.81. The van der Waals surface area contributed by atoms with Gasteiger partial charge in [0.25, 0.3) is 0 Å². The largest absolute Gasteiger partial charge is 0.457 e. The van der Waals surface area contributed by atoms with E-state index < -0.39 is 0 Å². The molecular weight excluding hydrogens is 328 g/mol. The number of fused-ring (bicyclic) bond motifs is 1. The van der Waals surface area contributed by atoms with Crippen LogP contribution in [0.4, 0.5) is 0 Å². The molecule has 4 heteroatoms. The summed E-state index contributed by atoms with van der Waals surface area (Å²) < 4.78 is 6.84. The second kappa shape index (κ2) is 5.84. The first-order valence-electron chi connectivity index (χ1n) is 6.71. The van der Waals surface area contributed by atoms with Crippen LogP contribution in [-0.4, -0.2) is 4.98 Å². The van der Waals surface area contributed by atoms with Gasteiger partial charge >= 0.3 is 0 Å². The Morgan fingerprint density at radius 1 is 1.10 bits per heavy atom. The molecule has 0 aliphatic rings. The molecule has 3 nitrogen and oxygen atoms in total. The van der Waals surface area contributed by atoms with Gasteiger partial charge in [-0.05, 0) is 42.8 Å². The number of pyridine rings is 1. The Morgan fingerprint density at radius 2 is 1.86 bits per heavy atom. The van der Waals surface area contributed by atoms with Crippen molar-refractivity contribution in [3.63, 3.8) is 0 Å². The molecule has 0 amide bonds. The molecule has 0 saturated carbocycles. The predicted molar refractivity (Wildman–Crippen MR) is 88.6 cm³/mol. The molecule has 1 heterocycles. The number of ether oxygens (including phenoxy) is 1. The Balaban J connectivity index is 1.89. The highest BCUT2D eigenvalue weighted by Gasteiger charge is 2.07. The third kappa shape index (κ3) is 3.06. The molecule has 1 atom stereocenters. The van der Waals surface area contributed by atoms with E-state index in [0.717, 1.165) is 32.4 Å². The summed E-state index contributed by atoms with van der Waals surface area (Å²) in [5.74, 6) is 1.53. The fourth-order valence-electron chi connectivity index (χ4n) is 2.19. The van der Waals surface area contributed by atoms with Crippen LogP contribution >= 0.6 is 15.9 Å². The van der Waals surface area contributed by atoms with E-state index in [9.17, 15) is 0 Å². The molecule has 0 fully saturated rings. The highest BCUT2D eigenvalue weighted by Crippen LogP contribution is 2.30. The SMILES string of the molecule is CC(N)c1ccc(Oc2ccc3cccnc3c2)cc1Br. The zero-order chi connectivity index (χ0) is 14.8. The van der Waals surface area contributed by atoms with Gasteiger partial charge in [-0.25, -0.2) is 0 Å². The van der Waals surface area contributed by atoms with Crippen LogP contribution in [0.2, 0.25) is 0 Å². The van der Waals surface area contributed by atoms with Crippen molar-refractivity contribution >= 4 is 26.8 Å². The number of benzene rings is 2. The van der Waals surface area contributed by atoms with Crippen molar-refractivity contribution in [1.29, 1.82) is 0 Å². The molecule has 0 aliphatic carbocycles. The van der Waals surface area contributed by atoms with Gasteiger partial charge in [0, 0.05) is 28.2 Å². The van der Waals surface area contributed by atoms with Crippen molar-refractivity contribution in [1.82, 2.24) is 4.98 Å². The monoisotopic (exact) mass is 342 g/mol. The van der Waals surface area contributed by atoms with E-state index in [1.165, 1.54) is 0 Å². The molecule has 3 aromatic rings. The van der Waals surface area contributed by atoms with Crippen LogP contribution in [-0.2, 0) is 0 Å². The molecule has 0 aliphatic heterocycles. The lowest BCUT2D eigenvalue weighted by Crippen LogP contribution is -2.05. The summed E-state index contributed by atoms with van der Waals surface area (Å²) in [7, 11) is 0. The van der Waals surface area contributed by atoms with Gasteiger partial charge in [-0.1, -0.05) is 28.1 Å². The molecule has 0 saturated heterocycles. The summed E-state index contributed by atoms with van der Waals surface area (Å²) in [5, 5.41) is 1.10. The smallest absolute Gasteiger partial charge is 0.129 e. The third-order valence-electron chi connectivity index (χ3n) is 3.28. The zero-order valence-corrected chi connectivity index (χ0v) is 13.2. The van der Waals surface area contributed by atoms with Crippen LogP contribution in [0, 0.1) is 0 Å². The summed E-state index contributed by atoms with van der Waals surface area (Å²) in [6.07, 6.45) is 1.78. The van der Waals surface area contributed by atoms with E-state index in [4.69, 9.17) is 10.5 Å². The summed E-state index contributed by atoms with van der Waals surface area (Å²) in [6, 6.07) is 15.6. The van der Waals surface area contributed by atoms with E-state index >= 15 is 0 Å². The number of hydrogen-bond acceptors (Lipinski definition) is 3. The van der Waals surface area contributed by atoms with Crippen LogP contribution in [0.5, 0.6) is 11.5 Å². The van der Waals surface area contributed by atoms with Crippen molar-refractivity contribution in [3.8, 4) is 11.5 Å². The lowest BCUT2D eigenvalue weighted by atomic mass is 10.1. The number of aromatic nitrogens is 1. The number of halogens is 1. The first-order valence-corrected chi connectivity index (χ1v) is 7.50. The van der Waals surface area contributed by atoms with Crippen molar-refractivity contribution in [2.24, 2.45) is 5.73 Å². The van der Waals surface area contributed by atoms with Crippen LogP contribution < -0.4 is 10.5 Å². The average Bonchev–Trinajstić information content (AvgIpc) is 2.47. The molecule has 0 spiro atoms. The Kier molecular flexibility index (Phi) is 3.90. The van der Waals surface area contributed by atoms with Crippen LogP contribution in [0.25, 0.3) is 10.9 Å². The van der Waals surface area contributed by atoms with E-state index in [2.05, 4.69) is 20.9 Å². The number of hydrogen-bond donors (Lipinski definition) is 1. The molecule has 1 unspecified atom stereocenters. The Hall–Kier alpha value is -1.91. The normalized spacial score (nSPS) is 12.3. The quantitative estimate of drug-likeness (QED) is 0.742. The van der Waals surface area contributed by atoms with Crippen LogP contribution in [0.1, 0.15) is 18.5 Å². The average molecular weight is 343 g/mol. The molecule has 2 N–H and O–H groups in total.